The molecule has 4 rings (SSSR count). The van der Waals surface area contributed by atoms with Gasteiger partial charge >= 0.3 is 6.18 Å². The van der Waals surface area contributed by atoms with Crippen molar-refractivity contribution >= 4 is 51.4 Å². The number of nitrogens with zero attached hydrogens (tertiary/aromatic N) is 4. The largest absolute Gasteiger partial charge is 0.409 e. The molecule has 13 heteroatoms. The highest BCUT2D eigenvalue weighted by Gasteiger charge is 2.48. The number of thioether (sulfide) groups is 1. The van der Waals surface area contributed by atoms with E-state index in [1.807, 2.05) is 4.90 Å². The quantitative estimate of drug-likeness (QED) is 0.684. The van der Waals surface area contributed by atoms with E-state index in [2.05, 4.69) is 15.5 Å². The Kier molecular flexibility index (Phi) is 6.34. The minimum Gasteiger partial charge on any atom is -0.378 e. The van der Waals surface area contributed by atoms with Crippen LogP contribution in [0.3, 0.4) is 0 Å². The van der Waals surface area contributed by atoms with Crippen LogP contribution in [0.2, 0.25) is 0 Å². The molecule has 1 aromatic carbocycles. The number of anilines is 3. The first kappa shape index (κ1) is 21.8. The maximum atomic E-state index is 13.8. The molecule has 1 atom stereocenters. The van der Waals surface area contributed by atoms with Crippen LogP contribution in [0.25, 0.3) is 0 Å². The Bertz CT molecular complexity index is 965. The summed E-state index contributed by atoms with van der Waals surface area (Å²) in [6.45, 7) is 2.52. The number of benzene rings is 1. The van der Waals surface area contributed by atoms with Crippen LogP contribution in [0, 0.1) is 0 Å². The van der Waals surface area contributed by atoms with Crippen molar-refractivity contribution in [1.29, 1.82) is 0 Å². The number of hydrogen-bond donors (Lipinski definition) is 1. The second-order valence-corrected chi connectivity index (χ2v) is 9.01. The van der Waals surface area contributed by atoms with E-state index in [1.54, 1.807) is 6.07 Å². The van der Waals surface area contributed by atoms with Crippen molar-refractivity contribution < 1.29 is 27.5 Å². The third-order valence-electron chi connectivity index (χ3n) is 4.77. The van der Waals surface area contributed by atoms with Crippen molar-refractivity contribution in [2.24, 2.45) is 0 Å². The predicted octanol–water partition coefficient (Wildman–Crippen LogP) is 2.77. The van der Waals surface area contributed by atoms with Gasteiger partial charge in [-0.2, -0.15) is 13.2 Å². The van der Waals surface area contributed by atoms with E-state index in [0.717, 1.165) is 11.8 Å². The van der Waals surface area contributed by atoms with Crippen molar-refractivity contribution in [3.05, 3.63) is 24.3 Å². The van der Waals surface area contributed by atoms with Gasteiger partial charge in [-0.1, -0.05) is 35.2 Å². The number of aromatic nitrogens is 2. The van der Waals surface area contributed by atoms with Crippen molar-refractivity contribution in [3.63, 3.8) is 0 Å². The zero-order chi connectivity index (χ0) is 22.0. The minimum absolute atomic E-state index is 0.0209. The summed E-state index contributed by atoms with van der Waals surface area (Å²) < 4.78 is 47.0. The molecule has 1 aromatic heterocycles. The number of amides is 2. The molecule has 2 aliphatic rings. The highest BCUT2D eigenvalue weighted by molar-refractivity contribution is 8.01. The fourth-order valence-corrected chi connectivity index (χ4v) is 5.08. The topological polar surface area (TPSA) is 87.7 Å². The van der Waals surface area contributed by atoms with Gasteiger partial charge in [0.15, 0.2) is 4.34 Å². The van der Waals surface area contributed by atoms with Gasteiger partial charge in [0.05, 0.1) is 36.8 Å². The lowest BCUT2D eigenvalue weighted by Gasteiger charge is -2.31. The van der Waals surface area contributed by atoms with Crippen LogP contribution in [0.1, 0.15) is 6.42 Å². The summed E-state index contributed by atoms with van der Waals surface area (Å²) in [6, 6.07) is 3.72. The molecule has 0 radical (unpaired) electrons. The summed E-state index contributed by atoms with van der Waals surface area (Å²) in [5.41, 5.74) is 0.190. The average Bonchev–Trinajstić information content (AvgIpc) is 3.15. The molecule has 1 fully saturated rings. The molecule has 166 valence electrons. The average molecular weight is 474 g/mol. The Hall–Kier alpha value is -2.38. The summed E-state index contributed by atoms with van der Waals surface area (Å²) in [6.07, 6.45) is -5.63. The Morgan fingerprint density at radius 2 is 2.00 bits per heavy atom. The maximum Gasteiger partial charge on any atom is 0.409 e. The first-order valence-corrected chi connectivity index (χ1v) is 11.2. The molecule has 2 amide bonds. The van der Waals surface area contributed by atoms with Crippen LogP contribution < -0.4 is 15.1 Å². The van der Waals surface area contributed by atoms with Crippen molar-refractivity contribution in [2.45, 2.75) is 23.0 Å². The van der Waals surface area contributed by atoms with Crippen molar-refractivity contribution in [3.8, 4) is 0 Å². The number of carbonyl (C=O) groups excluding carboxylic acids is 2. The number of alkyl halides is 3. The number of para-hydroxylation sites is 2. The number of carbonyl (C=O) groups is 2. The molecular formula is C18H18F3N5O3S2. The lowest BCUT2D eigenvalue weighted by Crippen LogP contribution is -2.50. The highest BCUT2D eigenvalue weighted by atomic mass is 32.2. The van der Waals surface area contributed by atoms with Gasteiger partial charge in [0.25, 0.3) is 0 Å². The minimum atomic E-state index is -4.76. The van der Waals surface area contributed by atoms with Crippen LogP contribution in [0.4, 0.5) is 29.7 Å². The highest BCUT2D eigenvalue weighted by Crippen LogP contribution is 2.38. The van der Waals surface area contributed by atoms with Gasteiger partial charge in [-0.05, 0) is 12.1 Å². The smallest absolute Gasteiger partial charge is 0.378 e. The molecule has 1 N–H and O–H groups in total. The molecule has 1 unspecified atom stereocenters. The zero-order valence-electron chi connectivity index (χ0n) is 16.1. The van der Waals surface area contributed by atoms with Gasteiger partial charge in [0.2, 0.25) is 16.9 Å². The molecule has 0 spiro atoms. The molecule has 0 saturated carbocycles. The number of halogens is 3. The zero-order valence-corrected chi connectivity index (χ0v) is 17.7. The second-order valence-electron chi connectivity index (χ2n) is 6.83. The van der Waals surface area contributed by atoms with Crippen molar-refractivity contribution in [1.82, 2.24) is 10.2 Å². The third-order valence-corrected chi connectivity index (χ3v) is 6.87. The second kappa shape index (κ2) is 9.01. The Morgan fingerprint density at radius 1 is 1.26 bits per heavy atom. The molecule has 0 bridgehead atoms. The molecule has 0 aliphatic carbocycles. The molecule has 3 heterocycles. The summed E-state index contributed by atoms with van der Waals surface area (Å²) in [7, 11) is 0. The maximum absolute atomic E-state index is 13.8. The Balaban J connectivity index is 1.53. The van der Waals surface area contributed by atoms with Gasteiger partial charge < -0.3 is 15.0 Å². The van der Waals surface area contributed by atoms with Crippen LogP contribution >= 0.6 is 23.1 Å². The van der Waals surface area contributed by atoms with Crippen LogP contribution in [-0.2, 0) is 14.3 Å². The Labute approximate surface area is 183 Å². The summed E-state index contributed by atoms with van der Waals surface area (Å²) >= 11 is 2.30. The number of fused-ring (bicyclic) bond motifs is 1. The SMILES string of the molecule is O=C1CC(C(F)(F)F)N(C(=O)CSc2nnc(N3CCOCC3)s2)c2ccccc2N1. The molecule has 2 aliphatic heterocycles. The van der Waals surface area contributed by atoms with E-state index in [0.29, 0.717) is 40.7 Å². The first-order chi connectivity index (χ1) is 14.8. The van der Waals surface area contributed by atoms with E-state index in [-0.39, 0.29) is 17.1 Å². The molecule has 2 aromatic rings. The standard InChI is InChI=1S/C18H18F3N5O3S2/c19-18(20,21)13-9-14(27)22-11-3-1-2-4-12(11)26(13)15(28)10-30-17-24-23-16(31-17)25-5-7-29-8-6-25/h1-4,13H,5-10H2,(H,22,27). The monoisotopic (exact) mass is 473 g/mol. The molecule has 8 nitrogen and oxygen atoms in total. The fourth-order valence-electron chi connectivity index (χ4n) is 3.33. The number of morpholine rings is 1. The van der Waals surface area contributed by atoms with Crippen molar-refractivity contribution in [2.75, 3.05) is 47.2 Å². The van der Waals surface area contributed by atoms with E-state index >= 15 is 0 Å². The van der Waals surface area contributed by atoms with E-state index in [4.69, 9.17) is 4.74 Å². The van der Waals surface area contributed by atoms with E-state index in [9.17, 15) is 22.8 Å². The Morgan fingerprint density at radius 3 is 2.74 bits per heavy atom. The summed E-state index contributed by atoms with van der Waals surface area (Å²) in [5, 5.41) is 11.3. The van der Waals surface area contributed by atoms with Crippen LogP contribution in [0.15, 0.2) is 28.6 Å². The fraction of sp³-hybridized carbons (Fsp3) is 0.444. The third kappa shape index (κ3) is 4.93. The number of rotatable bonds is 4. The van der Waals surface area contributed by atoms with Crippen LogP contribution in [-0.4, -0.2) is 66.3 Å². The molecule has 1 saturated heterocycles. The molecular weight excluding hydrogens is 455 g/mol. The van der Waals surface area contributed by atoms with Gasteiger partial charge in [-0.3, -0.25) is 14.5 Å². The van der Waals surface area contributed by atoms with Gasteiger partial charge in [0, 0.05) is 13.1 Å². The van der Waals surface area contributed by atoms with Gasteiger partial charge in [-0.15, -0.1) is 10.2 Å². The van der Waals surface area contributed by atoms with Gasteiger partial charge in [0.1, 0.15) is 6.04 Å². The molecule has 31 heavy (non-hydrogen) atoms. The number of nitrogens with one attached hydrogen (secondary N) is 1. The normalized spacial score (nSPS) is 19.6. The number of ether oxygens (including phenoxy) is 1. The predicted molar refractivity (Wildman–Crippen MR) is 111 cm³/mol. The van der Waals surface area contributed by atoms with Crippen LogP contribution in [0.5, 0.6) is 0 Å². The van der Waals surface area contributed by atoms with E-state index in [1.165, 1.54) is 29.5 Å². The van der Waals surface area contributed by atoms with Gasteiger partial charge in [-0.25, -0.2) is 0 Å². The number of hydrogen-bond acceptors (Lipinski definition) is 8. The lowest BCUT2D eigenvalue weighted by atomic mass is 10.1. The summed E-state index contributed by atoms with van der Waals surface area (Å²) in [5.74, 6) is -1.83. The summed E-state index contributed by atoms with van der Waals surface area (Å²) in [4.78, 5) is 27.7. The first-order valence-electron chi connectivity index (χ1n) is 9.39. The van der Waals surface area contributed by atoms with E-state index < -0.39 is 30.5 Å². The lowest BCUT2D eigenvalue weighted by molar-refractivity contribution is -0.157.